The molecule has 1 unspecified atom stereocenters. The van der Waals surface area contributed by atoms with E-state index < -0.39 is 41.5 Å². The van der Waals surface area contributed by atoms with E-state index in [4.69, 9.17) is 17.3 Å². The summed E-state index contributed by atoms with van der Waals surface area (Å²) in [6.45, 7) is -1.54. The van der Waals surface area contributed by atoms with Crippen molar-refractivity contribution in [3.05, 3.63) is 52.3 Å². The monoisotopic (exact) mass is 353 g/mol. The van der Waals surface area contributed by atoms with Crippen LogP contribution in [0.25, 0.3) is 0 Å². The molecule has 0 saturated heterocycles. The van der Waals surface area contributed by atoms with Gasteiger partial charge < -0.3 is 10.5 Å². The summed E-state index contributed by atoms with van der Waals surface area (Å²) in [5.74, 6) is -1.97. The number of halogens is 6. The van der Waals surface area contributed by atoms with Gasteiger partial charge in [-0.15, -0.1) is 0 Å². The van der Waals surface area contributed by atoms with Crippen molar-refractivity contribution in [1.82, 2.24) is 9.97 Å². The molecule has 1 atom stereocenters. The van der Waals surface area contributed by atoms with Gasteiger partial charge in [0.25, 0.3) is 0 Å². The lowest BCUT2D eigenvalue weighted by atomic mass is 10.0. The highest BCUT2D eigenvalue weighted by molar-refractivity contribution is 6.30. The van der Waals surface area contributed by atoms with Crippen LogP contribution in [0.1, 0.15) is 17.2 Å². The molecule has 0 aliphatic carbocycles. The van der Waals surface area contributed by atoms with Crippen molar-refractivity contribution in [2.45, 2.75) is 12.2 Å². The average Bonchev–Trinajstić information content (AvgIpc) is 2.50. The Labute approximate surface area is 132 Å². The van der Waals surface area contributed by atoms with Gasteiger partial charge in [0.05, 0.1) is 6.04 Å². The zero-order chi connectivity index (χ0) is 17.2. The molecule has 1 heterocycles. The van der Waals surface area contributed by atoms with Crippen molar-refractivity contribution in [1.29, 1.82) is 0 Å². The number of hydrogen-bond acceptors (Lipinski definition) is 4. The van der Waals surface area contributed by atoms with Crippen LogP contribution >= 0.6 is 11.6 Å². The first kappa shape index (κ1) is 17.4. The lowest BCUT2D eigenvalue weighted by Crippen LogP contribution is -2.20. The molecule has 124 valence electrons. The van der Waals surface area contributed by atoms with Crippen LogP contribution in [0, 0.1) is 11.6 Å². The van der Waals surface area contributed by atoms with Crippen molar-refractivity contribution in [3.8, 4) is 6.01 Å². The van der Waals surface area contributed by atoms with Gasteiger partial charge in [-0.3, -0.25) is 0 Å². The molecule has 23 heavy (non-hydrogen) atoms. The SMILES string of the molecule is NC(c1cnc(OCC(F)(F)F)nc1)c1ccc(F)c(Cl)c1F. The molecule has 0 aliphatic rings. The van der Waals surface area contributed by atoms with E-state index in [-0.39, 0.29) is 11.1 Å². The fourth-order valence-corrected chi connectivity index (χ4v) is 1.84. The van der Waals surface area contributed by atoms with Gasteiger partial charge in [0.1, 0.15) is 16.7 Å². The highest BCUT2D eigenvalue weighted by Crippen LogP contribution is 2.28. The Bertz CT molecular complexity index is 693. The predicted octanol–water partition coefficient (Wildman–Crippen LogP) is 3.40. The first-order valence-electron chi connectivity index (χ1n) is 6.09. The van der Waals surface area contributed by atoms with Crippen LogP contribution in [0.4, 0.5) is 22.0 Å². The Balaban J connectivity index is 2.18. The zero-order valence-electron chi connectivity index (χ0n) is 11.2. The minimum Gasteiger partial charge on any atom is -0.454 e. The third-order valence-electron chi connectivity index (χ3n) is 2.77. The van der Waals surface area contributed by atoms with E-state index in [0.717, 1.165) is 24.5 Å². The third-order valence-corrected chi connectivity index (χ3v) is 3.12. The maximum atomic E-state index is 13.9. The van der Waals surface area contributed by atoms with E-state index in [9.17, 15) is 22.0 Å². The smallest absolute Gasteiger partial charge is 0.422 e. The molecule has 0 bridgehead atoms. The first-order valence-corrected chi connectivity index (χ1v) is 6.47. The Morgan fingerprint density at radius 2 is 1.78 bits per heavy atom. The van der Waals surface area contributed by atoms with Crippen LogP contribution in [0.5, 0.6) is 6.01 Å². The molecule has 1 aromatic heterocycles. The molecule has 10 heteroatoms. The Morgan fingerprint density at radius 1 is 1.17 bits per heavy atom. The van der Waals surface area contributed by atoms with Crippen molar-refractivity contribution in [2.24, 2.45) is 5.73 Å². The number of nitrogens with two attached hydrogens (primary N) is 1. The Kier molecular flexibility index (Phi) is 5.00. The van der Waals surface area contributed by atoms with Gasteiger partial charge in [0.2, 0.25) is 0 Å². The van der Waals surface area contributed by atoms with E-state index in [1.54, 1.807) is 0 Å². The molecule has 0 saturated carbocycles. The zero-order valence-corrected chi connectivity index (χ0v) is 12.0. The molecular weight excluding hydrogens is 345 g/mol. The summed E-state index contributed by atoms with van der Waals surface area (Å²) >= 11 is 5.46. The lowest BCUT2D eigenvalue weighted by molar-refractivity contribution is -0.154. The van der Waals surface area contributed by atoms with Gasteiger partial charge in [0.15, 0.2) is 6.61 Å². The highest BCUT2D eigenvalue weighted by Gasteiger charge is 2.29. The van der Waals surface area contributed by atoms with E-state index >= 15 is 0 Å². The summed E-state index contributed by atoms with van der Waals surface area (Å²) in [5.41, 5.74) is 5.89. The van der Waals surface area contributed by atoms with Gasteiger partial charge in [-0.05, 0) is 6.07 Å². The van der Waals surface area contributed by atoms with Crippen LogP contribution in [0.15, 0.2) is 24.5 Å². The van der Waals surface area contributed by atoms with Crippen molar-refractivity contribution < 1.29 is 26.7 Å². The van der Waals surface area contributed by atoms with Gasteiger partial charge >= 0.3 is 12.2 Å². The van der Waals surface area contributed by atoms with Crippen LogP contribution in [-0.2, 0) is 0 Å². The summed E-state index contributed by atoms with van der Waals surface area (Å²) < 4.78 is 67.3. The van der Waals surface area contributed by atoms with Crippen molar-refractivity contribution >= 4 is 11.6 Å². The van der Waals surface area contributed by atoms with Gasteiger partial charge in [0, 0.05) is 23.5 Å². The number of ether oxygens (including phenoxy) is 1. The molecule has 0 amide bonds. The largest absolute Gasteiger partial charge is 0.454 e. The van der Waals surface area contributed by atoms with E-state index in [1.807, 2.05) is 0 Å². The fraction of sp³-hybridized carbons (Fsp3) is 0.231. The van der Waals surface area contributed by atoms with E-state index in [2.05, 4.69) is 14.7 Å². The summed E-state index contributed by atoms with van der Waals surface area (Å²) in [7, 11) is 0. The summed E-state index contributed by atoms with van der Waals surface area (Å²) in [6.07, 6.45) is -2.35. The minimum absolute atomic E-state index is 0.107. The number of nitrogens with zero attached hydrogens (tertiary/aromatic N) is 2. The first-order chi connectivity index (χ1) is 10.7. The van der Waals surface area contributed by atoms with E-state index in [0.29, 0.717) is 0 Å². The van der Waals surface area contributed by atoms with Crippen molar-refractivity contribution in [3.63, 3.8) is 0 Å². The average molecular weight is 354 g/mol. The van der Waals surface area contributed by atoms with Crippen LogP contribution in [0.2, 0.25) is 5.02 Å². The Morgan fingerprint density at radius 3 is 2.35 bits per heavy atom. The minimum atomic E-state index is -4.52. The number of aromatic nitrogens is 2. The topological polar surface area (TPSA) is 61.0 Å². The van der Waals surface area contributed by atoms with Gasteiger partial charge in [-0.2, -0.15) is 13.2 Å². The van der Waals surface area contributed by atoms with Crippen molar-refractivity contribution in [2.75, 3.05) is 6.61 Å². The highest BCUT2D eigenvalue weighted by atomic mass is 35.5. The Hall–Kier alpha value is -2.00. The molecule has 1 aromatic carbocycles. The van der Waals surface area contributed by atoms with Crippen LogP contribution in [-0.4, -0.2) is 22.8 Å². The van der Waals surface area contributed by atoms with Crippen LogP contribution in [0.3, 0.4) is 0 Å². The number of alkyl halides is 3. The maximum Gasteiger partial charge on any atom is 0.422 e. The summed E-state index contributed by atoms with van der Waals surface area (Å²) in [6, 6.07) is 0.470. The molecule has 4 nitrogen and oxygen atoms in total. The van der Waals surface area contributed by atoms with Crippen LogP contribution < -0.4 is 10.5 Å². The third kappa shape index (κ3) is 4.26. The fourth-order valence-electron chi connectivity index (χ4n) is 1.67. The number of hydrogen-bond donors (Lipinski definition) is 1. The molecule has 0 radical (unpaired) electrons. The molecule has 2 N–H and O–H groups in total. The van der Waals surface area contributed by atoms with Gasteiger partial charge in [-0.1, -0.05) is 17.7 Å². The quantitative estimate of drug-likeness (QED) is 0.676. The molecule has 0 aliphatic heterocycles. The molecule has 2 rings (SSSR count). The van der Waals surface area contributed by atoms with E-state index in [1.165, 1.54) is 0 Å². The molecule has 2 aromatic rings. The standard InChI is InChI=1S/C13H9ClF5N3O/c14-9-8(15)2-1-7(10(9)16)11(20)6-3-21-12(22-4-6)23-5-13(17,18)19/h1-4,11H,5,20H2. The second kappa shape index (κ2) is 6.63. The number of benzene rings is 1. The number of rotatable bonds is 4. The summed E-state index contributed by atoms with van der Waals surface area (Å²) in [5, 5.41) is -0.705. The second-order valence-corrected chi connectivity index (χ2v) is 4.82. The second-order valence-electron chi connectivity index (χ2n) is 4.45. The molecule has 0 fully saturated rings. The molecule has 0 spiro atoms. The summed E-state index contributed by atoms with van der Waals surface area (Å²) in [4.78, 5) is 7.11. The normalized spacial score (nSPS) is 13.0. The molecular formula is C13H9ClF5N3O. The predicted molar refractivity (Wildman–Crippen MR) is 71.0 cm³/mol. The maximum absolute atomic E-state index is 13.9. The lowest BCUT2D eigenvalue weighted by Gasteiger charge is -2.14. The van der Waals surface area contributed by atoms with Gasteiger partial charge in [-0.25, -0.2) is 18.7 Å².